The van der Waals surface area contributed by atoms with Crippen molar-refractivity contribution >= 4 is 0 Å². The normalized spacial score (nSPS) is 23.3. The molecule has 0 radical (unpaired) electrons. The summed E-state index contributed by atoms with van der Waals surface area (Å²) in [5.74, 6) is 0. The molecule has 0 amide bonds. The van der Waals surface area contributed by atoms with Crippen molar-refractivity contribution in [3.8, 4) is 12.1 Å². The molecule has 2 nitrogen and oxygen atoms in total. The summed E-state index contributed by atoms with van der Waals surface area (Å²) in [5.41, 5.74) is -0.697. The van der Waals surface area contributed by atoms with E-state index < -0.39 is 5.41 Å². The molecule has 1 saturated carbocycles. The van der Waals surface area contributed by atoms with E-state index in [-0.39, 0.29) is 0 Å². The van der Waals surface area contributed by atoms with Gasteiger partial charge in [0.25, 0.3) is 0 Å². The van der Waals surface area contributed by atoms with Crippen LogP contribution in [0.4, 0.5) is 0 Å². The molecule has 20 heavy (non-hydrogen) atoms. The van der Waals surface area contributed by atoms with Crippen molar-refractivity contribution in [1.29, 1.82) is 10.5 Å². The number of hydrogen-bond donors (Lipinski definition) is 0. The lowest BCUT2D eigenvalue weighted by Crippen LogP contribution is -2.16. The second-order valence-electron chi connectivity index (χ2n) is 6.40. The van der Waals surface area contributed by atoms with Gasteiger partial charge in [-0.3, -0.25) is 0 Å². The van der Waals surface area contributed by atoms with Crippen LogP contribution in [0.5, 0.6) is 0 Å². The third-order valence-corrected chi connectivity index (χ3v) is 4.64. The molecule has 0 atom stereocenters. The minimum Gasteiger partial charge on any atom is -0.197 e. The van der Waals surface area contributed by atoms with Gasteiger partial charge in [-0.25, -0.2) is 0 Å². The molecule has 1 rings (SSSR count). The van der Waals surface area contributed by atoms with E-state index in [1.54, 1.807) is 0 Å². The van der Waals surface area contributed by atoms with Crippen LogP contribution >= 0.6 is 0 Å². The van der Waals surface area contributed by atoms with Gasteiger partial charge in [-0.05, 0) is 12.8 Å². The number of hydrogen-bond acceptors (Lipinski definition) is 2. The third-order valence-electron chi connectivity index (χ3n) is 4.64. The Morgan fingerprint density at radius 1 is 0.450 bits per heavy atom. The molecule has 0 aromatic carbocycles. The molecule has 0 aromatic heterocycles. The van der Waals surface area contributed by atoms with Crippen LogP contribution in [-0.4, -0.2) is 0 Å². The first-order chi connectivity index (χ1) is 9.83. The first kappa shape index (κ1) is 17.0. The molecular weight excluding hydrogens is 244 g/mol. The summed E-state index contributed by atoms with van der Waals surface area (Å²) >= 11 is 0. The minimum absolute atomic E-state index is 0.697. The molecule has 112 valence electrons. The zero-order valence-electron chi connectivity index (χ0n) is 13.0. The van der Waals surface area contributed by atoms with Crippen LogP contribution < -0.4 is 0 Å². The Kier molecular flexibility index (Phi) is 9.14. The maximum absolute atomic E-state index is 9.36. The molecule has 0 N–H and O–H groups in total. The van der Waals surface area contributed by atoms with Gasteiger partial charge in [0.1, 0.15) is 5.41 Å². The fourth-order valence-corrected chi connectivity index (χ4v) is 3.17. The number of nitrogens with zero attached hydrogens (tertiary/aromatic N) is 2. The first-order valence-electron chi connectivity index (χ1n) is 8.65. The van der Waals surface area contributed by atoms with E-state index in [1.807, 2.05) is 0 Å². The highest BCUT2D eigenvalue weighted by Crippen LogP contribution is 2.30. The maximum atomic E-state index is 9.36. The van der Waals surface area contributed by atoms with Gasteiger partial charge in [0.15, 0.2) is 0 Å². The van der Waals surface area contributed by atoms with E-state index >= 15 is 0 Å². The van der Waals surface area contributed by atoms with Crippen molar-refractivity contribution in [3.63, 3.8) is 0 Å². The zero-order chi connectivity index (χ0) is 14.5. The predicted molar refractivity (Wildman–Crippen MR) is 82.9 cm³/mol. The van der Waals surface area contributed by atoms with Gasteiger partial charge in [0, 0.05) is 0 Å². The summed E-state index contributed by atoms with van der Waals surface area (Å²) < 4.78 is 0. The molecule has 0 aliphatic heterocycles. The zero-order valence-corrected chi connectivity index (χ0v) is 13.0. The van der Waals surface area contributed by atoms with Gasteiger partial charge in [0.2, 0.25) is 0 Å². The van der Waals surface area contributed by atoms with Crippen LogP contribution in [0.25, 0.3) is 0 Å². The van der Waals surface area contributed by atoms with Crippen LogP contribution in [0, 0.1) is 28.1 Å². The topological polar surface area (TPSA) is 47.6 Å². The van der Waals surface area contributed by atoms with Gasteiger partial charge >= 0.3 is 0 Å². The third kappa shape index (κ3) is 6.95. The highest BCUT2D eigenvalue weighted by molar-refractivity contribution is 5.13. The molecule has 0 heterocycles. The number of nitriles is 2. The SMILES string of the molecule is N#CC1(C#N)CCCCCCCCCCCCCCC1. The maximum Gasteiger partial charge on any atom is 0.143 e. The summed E-state index contributed by atoms with van der Waals surface area (Å²) in [5, 5.41) is 18.7. The average Bonchev–Trinajstić information content (AvgIpc) is 2.48. The monoisotopic (exact) mass is 274 g/mol. The van der Waals surface area contributed by atoms with Crippen LogP contribution in [0.15, 0.2) is 0 Å². The van der Waals surface area contributed by atoms with E-state index in [2.05, 4.69) is 12.1 Å². The van der Waals surface area contributed by atoms with Crippen LogP contribution in [0.1, 0.15) is 96.3 Å². The molecule has 2 heteroatoms. The predicted octanol–water partition coefficient (Wildman–Crippen LogP) is 5.89. The Morgan fingerprint density at radius 3 is 0.950 bits per heavy atom. The molecule has 0 unspecified atom stereocenters. The summed E-state index contributed by atoms with van der Waals surface area (Å²) in [7, 11) is 0. The van der Waals surface area contributed by atoms with E-state index in [9.17, 15) is 10.5 Å². The minimum atomic E-state index is -0.697. The largest absolute Gasteiger partial charge is 0.197 e. The molecule has 0 saturated heterocycles. The van der Waals surface area contributed by atoms with Gasteiger partial charge in [-0.15, -0.1) is 0 Å². The molecular formula is C18H30N2. The summed E-state index contributed by atoms with van der Waals surface area (Å²) in [6, 6.07) is 4.62. The highest BCUT2D eigenvalue weighted by Gasteiger charge is 2.28. The van der Waals surface area contributed by atoms with E-state index in [0.717, 1.165) is 25.7 Å². The van der Waals surface area contributed by atoms with E-state index in [0.29, 0.717) is 0 Å². The van der Waals surface area contributed by atoms with Crippen molar-refractivity contribution in [2.45, 2.75) is 96.3 Å². The Morgan fingerprint density at radius 2 is 0.700 bits per heavy atom. The van der Waals surface area contributed by atoms with Gasteiger partial charge in [-0.1, -0.05) is 83.5 Å². The Hall–Kier alpha value is -1.02. The van der Waals surface area contributed by atoms with Crippen molar-refractivity contribution in [3.05, 3.63) is 0 Å². The van der Waals surface area contributed by atoms with Crippen LogP contribution in [-0.2, 0) is 0 Å². The standard InChI is InChI=1S/C18H30N2/c19-16-18(17-20)14-12-10-8-6-4-2-1-3-5-7-9-11-13-15-18/h1-15H2. The fraction of sp³-hybridized carbons (Fsp3) is 0.889. The van der Waals surface area contributed by atoms with Crippen molar-refractivity contribution in [1.82, 2.24) is 0 Å². The molecule has 1 fully saturated rings. The quantitative estimate of drug-likeness (QED) is 0.553. The molecule has 1 aliphatic carbocycles. The molecule has 0 aromatic rings. The molecule has 1 aliphatic rings. The van der Waals surface area contributed by atoms with Crippen molar-refractivity contribution in [2.75, 3.05) is 0 Å². The van der Waals surface area contributed by atoms with Gasteiger partial charge in [-0.2, -0.15) is 10.5 Å². The molecule has 0 spiro atoms. The van der Waals surface area contributed by atoms with Crippen LogP contribution in [0.3, 0.4) is 0 Å². The Labute approximate surface area is 125 Å². The summed E-state index contributed by atoms with van der Waals surface area (Å²) in [6.07, 6.45) is 18.1. The fourth-order valence-electron chi connectivity index (χ4n) is 3.17. The highest BCUT2D eigenvalue weighted by atomic mass is 14.4. The van der Waals surface area contributed by atoms with Crippen molar-refractivity contribution < 1.29 is 0 Å². The van der Waals surface area contributed by atoms with Gasteiger partial charge < -0.3 is 0 Å². The lowest BCUT2D eigenvalue weighted by atomic mass is 9.80. The van der Waals surface area contributed by atoms with Crippen LogP contribution in [0.2, 0.25) is 0 Å². The number of rotatable bonds is 0. The lowest BCUT2D eigenvalue weighted by molar-refractivity contribution is 0.388. The van der Waals surface area contributed by atoms with E-state index in [4.69, 9.17) is 0 Å². The van der Waals surface area contributed by atoms with E-state index in [1.165, 1.54) is 70.6 Å². The first-order valence-corrected chi connectivity index (χ1v) is 8.65. The van der Waals surface area contributed by atoms with Crippen molar-refractivity contribution in [2.24, 2.45) is 5.41 Å². The second kappa shape index (κ2) is 10.7. The summed E-state index contributed by atoms with van der Waals surface area (Å²) in [4.78, 5) is 0. The average molecular weight is 274 g/mol. The summed E-state index contributed by atoms with van der Waals surface area (Å²) in [6.45, 7) is 0. The molecule has 0 bridgehead atoms. The Balaban J connectivity index is 2.40. The second-order valence-corrected chi connectivity index (χ2v) is 6.40. The Bertz CT molecular complexity index is 289. The lowest BCUT2D eigenvalue weighted by Gasteiger charge is -2.18. The smallest absolute Gasteiger partial charge is 0.143 e. The van der Waals surface area contributed by atoms with Gasteiger partial charge in [0.05, 0.1) is 12.1 Å².